The Labute approximate surface area is 246 Å². The number of hydrogen-bond donors (Lipinski definition) is 4. The standard InChI is InChI=1S/C16H24N2O3Si.C11H12N2O5.2CH4/c1-6-13-11(2)9-14(21-13)18-10-12(7-8-22(3,4)5)15(19)17-16(18)20;1-2-6-4-13(11(17)12-10(6)16)9-3-7(15)8(5-14)18-9;;/h10-11,13-14H,6,9H2,1-5H3,(H,17,19,20);1,4,7-9,14-15H,3,5H2,(H,12,16,17);2*1H4/t11-,13-,14-;7-,8-,9-;;/m11../s1/i7+1,8+1;1+1,2+1;;. The third-order valence-corrected chi connectivity index (χ3v) is 7.49. The van der Waals surface area contributed by atoms with Crippen LogP contribution in [0.15, 0.2) is 31.6 Å². The largest absolute Gasteiger partial charge is 0.394 e. The van der Waals surface area contributed by atoms with Crippen molar-refractivity contribution in [3.63, 3.8) is 0 Å². The number of aromatic amines is 2. The van der Waals surface area contributed by atoms with Crippen LogP contribution in [0.5, 0.6) is 0 Å². The minimum Gasteiger partial charge on any atom is -0.394 e. The smallest absolute Gasteiger partial charge is 0.330 e. The fraction of sp³-hybridized carbons (Fsp3) is 0.586. The van der Waals surface area contributed by atoms with Crippen molar-refractivity contribution in [2.75, 3.05) is 6.61 Å². The van der Waals surface area contributed by atoms with Crippen LogP contribution in [0.2, 0.25) is 19.6 Å². The predicted octanol–water partition coefficient (Wildman–Crippen LogP) is 1.53. The molecular formula is C29H44N4O8Si. The zero-order valence-corrected chi connectivity index (χ0v) is 24.3. The molecule has 0 aliphatic carbocycles. The summed E-state index contributed by atoms with van der Waals surface area (Å²) in [5.74, 6) is 5.48. The number of aliphatic hydroxyl groups excluding tert-OH is 2. The van der Waals surface area contributed by atoms with Gasteiger partial charge in [-0.2, -0.15) is 0 Å². The monoisotopic (exact) mass is 608 g/mol. The molecule has 0 aromatic carbocycles. The van der Waals surface area contributed by atoms with E-state index in [0.29, 0.717) is 11.5 Å². The van der Waals surface area contributed by atoms with Crippen molar-refractivity contribution < 1.29 is 19.7 Å². The van der Waals surface area contributed by atoms with Gasteiger partial charge in [-0.25, -0.2) is 9.59 Å². The molecule has 4 N–H and O–H groups in total. The average Bonchev–Trinajstić information content (AvgIpc) is 3.44. The van der Waals surface area contributed by atoms with Gasteiger partial charge in [0.15, 0.2) is 0 Å². The van der Waals surface area contributed by atoms with Crippen molar-refractivity contribution in [1.82, 2.24) is 19.1 Å². The van der Waals surface area contributed by atoms with Crippen LogP contribution in [-0.2, 0) is 9.47 Å². The van der Waals surface area contributed by atoms with Crippen molar-refractivity contribution in [2.24, 2.45) is 5.92 Å². The van der Waals surface area contributed by atoms with Crippen LogP contribution in [0.25, 0.3) is 0 Å². The number of aromatic nitrogens is 4. The Bertz CT molecular complexity index is 1550. The first-order valence-corrected chi connectivity index (χ1v) is 16.6. The van der Waals surface area contributed by atoms with Gasteiger partial charge in [-0.05, 0) is 18.8 Å². The van der Waals surface area contributed by atoms with Crippen LogP contribution < -0.4 is 22.5 Å². The van der Waals surface area contributed by atoms with Crippen LogP contribution >= 0.6 is 0 Å². The molecule has 42 heavy (non-hydrogen) atoms. The van der Waals surface area contributed by atoms with E-state index in [1.807, 2.05) is 0 Å². The fourth-order valence-electron chi connectivity index (χ4n) is 4.43. The Morgan fingerprint density at radius 3 is 1.90 bits per heavy atom. The SMILES string of the molecule is C.C.CC[C@H]1O[C@@H](n2cc([13C]#[13C][Si](C)(C)C)c(=O)[nH]c2=O)C[C@H]1C.[13CH]#[13C]c1cn([C@H]2C[C@@H](O)[C@@H](CO)O2)c(=O)[nH]c1=O. The summed E-state index contributed by atoms with van der Waals surface area (Å²) in [5.41, 5.74) is 1.32. The molecule has 2 saturated heterocycles. The highest BCUT2D eigenvalue weighted by molar-refractivity contribution is 6.83. The Kier molecular flexibility index (Phi) is 13.2. The molecule has 12 nitrogen and oxygen atoms in total. The molecule has 0 bridgehead atoms. The first kappa shape index (κ1) is 36.6. The molecule has 0 saturated carbocycles. The van der Waals surface area contributed by atoms with E-state index in [9.17, 15) is 24.3 Å². The Hall–Kier alpha value is -3.46. The third kappa shape index (κ3) is 8.77. The summed E-state index contributed by atoms with van der Waals surface area (Å²) in [7, 11) is -1.59. The number of terminal acetylenes is 1. The molecular weight excluding hydrogens is 564 g/mol. The van der Waals surface area contributed by atoms with Gasteiger partial charge in [0, 0.05) is 18.8 Å². The van der Waals surface area contributed by atoms with Gasteiger partial charge in [0.25, 0.3) is 11.1 Å². The highest BCUT2D eigenvalue weighted by atomic mass is 28.3. The van der Waals surface area contributed by atoms with E-state index in [1.54, 1.807) is 6.20 Å². The fourth-order valence-corrected chi connectivity index (χ4v) is 4.94. The number of nitrogens with zero attached hydrogens (tertiary/aromatic N) is 2. The summed E-state index contributed by atoms with van der Waals surface area (Å²) in [4.78, 5) is 51.3. The summed E-state index contributed by atoms with van der Waals surface area (Å²) in [6.07, 6.45) is 7.17. The quantitative estimate of drug-likeness (QED) is 0.230. The van der Waals surface area contributed by atoms with E-state index in [4.69, 9.17) is 21.0 Å². The van der Waals surface area contributed by atoms with Gasteiger partial charge in [-0.15, -0.1) is 12.0 Å². The molecule has 2 aliphatic heterocycles. The second-order valence-electron chi connectivity index (χ2n) is 10.9. The molecule has 4 heterocycles. The Balaban J connectivity index is 0.000000408. The molecule has 2 aliphatic rings. The normalized spacial score (nSPS) is 24.6. The van der Waals surface area contributed by atoms with Crippen molar-refractivity contribution in [3.05, 3.63) is 65.2 Å². The minimum atomic E-state index is -1.59. The van der Waals surface area contributed by atoms with E-state index >= 15 is 0 Å². The van der Waals surface area contributed by atoms with Gasteiger partial charge in [-0.3, -0.25) is 28.7 Å². The van der Waals surface area contributed by atoms with Crippen LogP contribution in [-0.4, -0.2) is 62.3 Å². The molecule has 2 aromatic rings. The van der Waals surface area contributed by atoms with Gasteiger partial charge in [-0.1, -0.05) is 60.2 Å². The lowest BCUT2D eigenvalue weighted by Crippen LogP contribution is -2.33. The molecule has 6 atom stereocenters. The molecule has 13 heteroatoms. The number of rotatable bonds is 4. The second-order valence-corrected chi connectivity index (χ2v) is 15.7. The lowest BCUT2D eigenvalue weighted by Gasteiger charge is -2.15. The molecule has 0 spiro atoms. The van der Waals surface area contributed by atoms with E-state index in [0.717, 1.165) is 17.4 Å². The van der Waals surface area contributed by atoms with E-state index in [-0.39, 0.29) is 45.8 Å². The summed E-state index contributed by atoms with van der Waals surface area (Å²) in [6, 6.07) is 0. The predicted molar refractivity (Wildman–Crippen MR) is 164 cm³/mol. The van der Waals surface area contributed by atoms with Crippen molar-refractivity contribution >= 4 is 8.07 Å². The van der Waals surface area contributed by atoms with Crippen LogP contribution in [0.4, 0.5) is 0 Å². The molecule has 232 valence electrons. The second kappa shape index (κ2) is 15.1. The molecule has 4 rings (SSSR count). The maximum atomic E-state index is 12.1. The van der Waals surface area contributed by atoms with Gasteiger partial charge in [0.05, 0.1) is 18.8 Å². The molecule has 2 fully saturated rings. The first-order valence-electron chi connectivity index (χ1n) is 13.1. The highest BCUT2D eigenvalue weighted by Crippen LogP contribution is 2.33. The lowest BCUT2D eigenvalue weighted by molar-refractivity contribution is -0.0459. The maximum absolute atomic E-state index is 12.1. The average molecular weight is 609 g/mol. The maximum Gasteiger partial charge on any atom is 0.330 e. The summed E-state index contributed by atoms with van der Waals surface area (Å²) >= 11 is 0. The topological polar surface area (TPSA) is 169 Å². The molecule has 0 unspecified atom stereocenters. The molecule has 0 amide bonds. The summed E-state index contributed by atoms with van der Waals surface area (Å²) in [6.45, 7) is 10.2. The minimum absolute atomic E-state index is 0. The Morgan fingerprint density at radius 1 is 0.952 bits per heavy atom. The first-order chi connectivity index (χ1) is 18.8. The van der Waals surface area contributed by atoms with Crippen LogP contribution in [0.3, 0.4) is 0 Å². The molecule has 0 radical (unpaired) electrons. The lowest BCUT2D eigenvalue weighted by atomic mass is 10.0. The van der Waals surface area contributed by atoms with Crippen molar-refractivity contribution in [1.29, 1.82) is 0 Å². The highest BCUT2D eigenvalue weighted by Gasteiger charge is 2.35. The molecule has 2 aromatic heterocycles. The number of hydrogen-bond acceptors (Lipinski definition) is 8. The van der Waals surface area contributed by atoms with E-state index in [2.05, 4.69) is 60.8 Å². The number of H-pyrrole nitrogens is 2. The Morgan fingerprint density at radius 2 is 1.45 bits per heavy atom. The number of nitrogens with one attached hydrogen (secondary N) is 2. The van der Waals surface area contributed by atoms with Crippen LogP contribution in [0.1, 0.15) is 71.5 Å². The zero-order valence-electron chi connectivity index (χ0n) is 23.3. The van der Waals surface area contributed by atoms with E-state index < -0.39 is 49.0 Å². The van der Waals surface area contributed by atoms with Gasteiger partial charge < -0.3 is 19.7 Å². The van der Waals surface area contributed by atoms with Crippen molar-refractivity contribution in [3.8, 4) is 23.8 Å². The van der Waals surface area contributed by atoms with Gasteiger partial charge in [0.1, 0.15) is 37.8 Å². The van der Waals surface area contributed by atoms with Crippen molar-refractivity contribution in [2.45, 2.75) is 98.4 Å². The van der Waals surface area contributed by atoms with Gasteiger partial charge >= 0.3 is 11.4 Å². The van der Waals surface area contributed by atoms with Crippen LogP contribution in [0, 0.1) is 29.7 Å². The number of ether oxygens (including phenoxy) is 2. The summed E-state index contributed by atoms with van der Waals surface area (Å²) in [5, 5.41) is 18.5. The number of aliphatic hydroxyl groups is 2. The van der Waals surface area contributed by atoms with E-state index in [1.165, 1.54) is 10.8 Å². The zero-order chi connectivity index (χ0) is 29.8. The third-order valence-electron chi connectivity index (χ3n) is 6.61. The van der Waals surface area contributed by atoms with Gasteiger partial charge in [0.2, 0.25) is 0 Å². The summed E-state index contributed by atoms with van der Waals surface area (Å²) < 4.78 is 13.8.